The van der Waals surface area contributed by atoms with Gasteiger partial charge in [0.05, 0.1) is 0 Å². The van der Waals surface area contributed by atoms with E-state index in [2.05, 4.69) is 15.9 Å². The van der Waals surface area contributed by atoms with Crippen LogP contribution in [-0.2, 0) is 13.0 Å². The molecule has 0 radical (unpaired) electrons. The average molecular weight is 443 g/mol. The summed E-state index contributed by atoms with van der Waals surface area (Å²) in [5.41, 5.74) is 4.24. The zero-order valence-electron chi connectivity index (χ0n) is 15.8. The van der Waals surface area contributed by atoms with Crippen LogP contribution >= 0.6 is 15.9 Å². The fourth-order valence-electron chi connectivity index (χ4n) is 2.95. The molecule has 0 N–H and O–H groups in total. The van der Waals surface area contributed by atoms with Crippen LogP contribution < -0.4 is 4.74 Å². The Morgan fingerprint density at radius 2 is 1.64 bits per heavy atom. The summed E-state index contributed by atoms with van der Waals surface area (Å²) in [5, 5.41) is 0. The molecule has 0 bridgehead atoms. The molecule has 0 atom stereocenters. The first-order valence-corrected chi connectivity index (χ1v) is 9.82. The topological polar surface area (TPSA) is 9.23 Å². The van der Waals surface area contributed by atoms with Gasteiger partial charge in [-0.05, 0) is 66.3 Å². The second-order valence-corrected chi connectivity index (χ2v) is 7.50. The minimum Gasteiger partial charge on any atom is -0.486 e. The van der Waals surface area contributed by atoms with Crippen molar-refractivity contribution in [3.05, 3.63) is 105 Å². The van der Waals surface area contributed by atoms with Crippen molar-refractivity contribution in [3.8, 4) is 5.75 Å². The highest BCUT2D eigenvalue weighted by Crippen LogP contribution is 2.27. The van der Waals surface area contributed by atoms with E-state index in [1.807, 2.05) is 55.5 Å². The fourth-order valence-corrected chi connectivity index (χ4v) is 3.37. The zero-order chi connectivity index (χ0) is 20.1. The first kappa shape index (κ1) is 20.3. The summed E-state index contributed by atoms with van der Waals surface area (Å²) in [6.07, 6.45) is 4.35. The van der Waals surface area contributed by atoms with Crippen molar-refractivity contribution < 1.29 is 13.5 Å². The number of hydrogen-bond acceptors (Lipinski definition) is 1. The van der Waals surface area contributed by atoms with Crippen LogP contribution in [0.3, 0.4) is 0 Å². The number of hydrogen-bond donors (Lipinski definition) is 0. The van der Waals surface area contributed by atoms with Crippen molar-refractivity contribution in [1.82, 2.24) is 0 Å². The second kappa shape index (κ2) is 9.16. The number of halogens is 3. The van der Waals surface area contributed by atoms with E-state index in [1.54, 1.807) is 13.0 Å². The maximum atomic E-state index is 14.3. The summed E-state index contributed by atoms with van der Waals surface area (Å²) in [6, 6.07) is 16.1. The molecule has 3 aromatic rings. The molecule has 0 saturated heterocycles. The summed E-state index contributed by atoms with van der Waals surface area (Å²) in [4.78, 5) is 0. The first-order valence-electron chi connectivity index (χ1n) is 9.02. The van der Waals surface area contributed by atoms with Crippen molar-refractivity contribution in [1.29, 1.82) is 0 Å². The summed E-state index contributed by atoms with van der Waals surface area (Å²) in [7, 11) is 0. The fraction of sp³-hybridized carbons (Fsp3) is 0.167. The third kappa shape index (κ3) is 4.87. The van der Waals surface area contributed by atoms with Gasteiger partial charge >= 0.3 is 0 Å². The third-order valence-corrected chi connectivity index (χ3v) is 5.47. The Balaban J connectivity index is 1.67. The summed E-state index contributed by atoms with van der Waals surface area (Å²) < 4.78 is 34.6. The van der Waals surface area contributed by atoms with E-state index in [0.717, 1.165) is 26.7 Å². The molecule has 0 aromatic heterocycles. The van der Waals surface area contributed by atoms with Crippen LogP contribution in [0.15, 0.2) is 65.1 Å². The smallest absolute Gasteiger partial charge is 0.165 e. The molecule has 0 amide bonds. The van der Waals surface area contributed by atoms with Crippen LogP contribution in [0.25, 0.3) is 6.08 Å². The Hall–Kier alpha value is -2.46. The predicted octanol–water partition coefficient (Wildman–Crippen LogP) is 7.18. The lowest BCUT2D eigenvalue weighted by molar-refractivity contribution is 0.290. The Kier molecular flexibility index (Phi) is 6.63. The molecule has 0 aliphatic carbocycles. The monoisotopic (exact) mass is 442 g/mol. The van der Waals surface area contributed by atoms with E-state index >= 15 is 0 Å². The van der Waals surface area contributed by atoms with E-state index in [9.17, 15) is 8.78 Å². The molecule has 0 spiro atoms. The van der Waals surface area contributed by atoms with Gasteiger partial charge in [-0.3, -0.25) is 0 Å². The molecule has 144 valence electrons. The Morgan fingerprint density at radius 3 is 2.36 bits per heavy atom. The van der Waals surface area contributed by atoms with Gasteiger partial charge in [0, 0.05) is 4.47 Å². The molecule has 0 fully saturated rings. The van der Waals surface area contributed by atoms with Gasteiger partial charge in [0.15, 0.2) is 11.6 Å². The van der Waals surface area contributed by atoms with Gasteiger partial charge in [-0.2, -0.15) is 0 Å². The molecule has 0 heterocycles. The summed E-state index contributed by atoms with van der Waals surface area (Å²) in [5.74, 6) is -0.400. The highest BCUT2D eigenvalue weighted by atomic mass is 79.9. The van der Waals surface area contributed by atoms with Crippen molar-refractivity contribution in [3.63, 3.8) is 0 Å². The lowest BCUT2D eigenvalue weighted by Crippen LogP contribution is -1.98. The SMILES string of the molecule is Cc1c(F)cc(Br)c(C)c1/C=C\Cc1ccc(OCc2ccccc2)c(F)c1. The van der Waals surface area contributed by atoms with E-state index in [-0.39, 0.29) is 17.4 Å². The molecule has 0 unspecified atom stereocenters. The molecule has 3 aromatic carbocycles. The van der Waals surface area contributed by atoms with E-state index in [0.29, 0.717) is 18.6 Å². The molecule has 0 aliphatic rings. The number of allylic oxidation sites excluding steroid dienone is 1. The molecule has 0 aliphatic heterocycles. The Labute approximate surface area is 172 Å². The summed E-state index contributed by atoms with van der Waals surface area (Å²) in [6.45, 7) is 4.02. The van der Waals surface area contributed by atoms with Gasteiger partial charge in [0.1, 0.15) is 12.4 Å². The molecular weight excluding hydrogens is 422 g/mol. The zero-order valence-corrected chi connectivity index (χ0v) is 17.4. The Bertz CT molecular complexity index is 971. The van der Waals surface area contributed by atoms with Crippen molar-refractivity contribution in [2.75, 3.05) is 0 Å². The van der Waals surface area contributed by atoms with Crippen molar-refractivity contribution in [2.45, 2.75) is 26.9 Å². The van der Waals surface area contributed by atoms with Gasteiger partial charge in [0.25, 0.3) is 0 Å². The number of ether oxygens (including phenoxy) is 1. The van der Waals surface area contributed by atoms with Crippen LogP contribution in [0.1, 0.15) is 27.8 Å². The first-order chi connectivity index (χ1) is 13.5. The molecule has 0 saturated carbocycles. The van der Waals surface area contributed by atoms with Crippen LogP contribution in [0.2, 0.25) is 0 Å². The van der Waals surface area contributed by atoms with Crippen LogP contribution in [0, 0.1) is 25.5 Å². The molecular formula is C24H21BrF2O. The quantitative estimate of drug-likeness (QED) is 0.392. The standard InChI is InChI=1S/C24H21BrF2O/c1-16-20(17(2)22(26)14-21(16)25)10-6-9-18-11-12-24(23(27)13-18)28-15-19-7-4-3-5-8-19/h3-8,10-14H,9,15H2,1-2H3/b10-6-. The van der Waals surface area contributed by atoms with Crippen molar-refractivity contribution >= 4 is 22.0 Å². The maximum Gasteiger partial charge on any atom is 0.165 e. The van der Waals surface area contributed by atoms with Gasteiger partial charge in [-0.15, -0.1) is 0 Å². The largest absolute Gasteiger partial charge is 0.486 e. The van der Waals surface area contributed by atoms with Gasteiger partial charge in [0.2, 0.25) is 0 Å². The average Bonchev–Trinajstić information content (AvgIpc) is 2.69. The minimum absolute atomic E-state index is 0.234. The number of benzene rings is 3. The van der Waals surface area contributed by atoms with E-state index < -0.39 is 0 Å². The van der Waals surface area contributed by atoms with Crippen molar-refractivity contribution in [2.24, 2.45) is 0 Å². The van der Waals surface area contributed by atoms with E-state index in [1.165, 1.54) is 12.1 Å². The minimum atomic E-state index is -0.386. The molecule has 28 heavy (non-hydrogen) atoms. The van der Waals surface area contributed by atoms with Crippen LogP contribution in [0.4, 0.5) is 8.78 Å². The van der Waals surface area contributed by atoms with Gasteiger partial charge < -0.3 is 4.74 Å². The third-order valence-electron chi connectivity index (χ3n) is 4.65. The second-order valence-electron chi connectivity index (χ2n) is 6.65. The lowest BCUT2D eigenvalue weighted by Gasteiger charge is -2.10. The van der Waals surface area contributed by atoms with Crippen LogP contribution in [0.5, 0.6) is 5.75 Å². The highest BCUT2D eigenvalue weighted by molar-refractivity contribution is 9.10. The van der Waals surface area contributed by atoms with Gasteiger partial charge in [-0.1, -0.05) is 64.5 Å². The molecule has 4 heteroatoms. The number of rotatable bonds is 6. The predicted molar refractivity (Wildman–Crippen MR) is 113 cm³/mol. The maximum absolute atomic E-state index is 14.3. The summed E-state index contributed by atoms with van der Waals surface area (Å²) >= 11 is 3.38. The lowest BCUT2D eigenvalue weighted by atomic mass is 10.0. The highest BCUT2D eigenvalue weighted by Gasteiger charge is 2.09. The van der Waals surface area contributed by atoms with E-state index in [4.69, 9.17) is 4.74 Å². The van der Waals surface area contributed by atoms with Gasteiger partial charge in [-0.25, -0.2) is 8.78 Å². The molecule has 1 nitrogen and oxygen atoms in total. The van der Waals surface area contributed by atoms with Crippen LogP contribution in [-0.4, -0.2) is 0 Å². The normalized spacial score (nSPS) is 11.2. The molecule has 3 rings (SSSR count). The Morgan fingerprint density at radius 1 is 0.893 bits per heavy atom.